The fraction of sp³-hybridized carbons (Fsp3) is 0.423. The summed E-state index contributed by atoms with van der Waals surface area (Å²) in [5.41, 5.74) is 7.66. The quantitative estimate of drug-likeness (QED) is 0.565. The number of carbonyl (C=O) groups excluding carboxylic acids is 1. The topological polar surface area (TPSA) is 20.3 Å². The first kappa shape index (κ1) is 21.9. The van der Waals surface area contributed by atoms with Crippen LogP contribution in [-0.4, -0.2) is 16.7 Å². The first-order valence-corrected chi connectivity index (χ1v) is 10.1. The minimum absolute atomic E-state index is 0.0606. The molecule has 0 bridgehead atoms. The van der Waals surface area contributed by atoms with E-state index in [2.05, 4.69) is 90.3 Å². The Morgan fingerprint density at radius 3 is 2.21 bits per heavy atom. The van der Waals surface area contributed by atoms with Gasteiger partial charge in [-0.25, -0.2) is 0 Å². The monoisotopic (exact) mass is 377 g/mol. The number of benzene rings is 1. The third-order valence-corrected chi connectivity index (χ3v) is 5.61. The van der Waals surface area contributed by atoms with Crippen LogP contribution in [0.25, 0.3) is 6.08 Å². The summed E-state index contributed by atoms with van der Waals surface area (Å²) in [5.74, 6) is 0.0606. The summed E-state index contributed by atoms with van der Waals surface area (Å²) in [7, 11) is 0. The van der Waals surface area contributed by atoms with Gasteiger partial charge >= 0.3 is 0 Å². The Bertz CT molecular complexity index is 854. The van der Waals surface area contributed by atoms with Crippen molar-refractivity contribution in [1.82, 2.24) is 4.90 Å². The Morgan fingerprint density at radius 1 is 1.18 bits per heavy atom. The van der Waals surface area contributed by atoms with E-state index >= 15 is 0 Å². The smallest absolute Gasteiger partial charge is 0.161 e. The molecule has 1 aliphatic heterocycles. The lowest BCUT2D eigenvalue weighted by atomic mass is 9.82. The molecule has 2 rings (SSSR count). The number of ketones is 1. The lowest BCUT2D eigenvalue weighted by Crippen LogP contribution is -2.41. The summed E-state index contributed by atoms with van der Waals surface area (Å²) in [6.45, 7) is 21.2. The van der Waals surface area contributed by atoms with Gasteiger partial charge in [-0.2, -0.15) is 0 Å². The highest BCUT2D eigenvalue weighted by molar-refractivity contribution is 5.98. The highest BCUT2D eigenvalue weighted by Crippen LogP contribution is 2.37. The Morgan fingerprint density at radius 2 is 1.75 bits per heavy atom. The van der Waals surface area contributed by atoms with E-state index in [1.54, 1.807) is 6.92 Å². The Labute approximate surface area is 171 Å². The number of hydrogen-bond acceptors (Lipinski definition) is 2. The van der Waals surface area contributed by atoms with E-state index < -0.39 is 0 Å². The van der Waals surface area contributed by atoms with E-state index in [1.165, 1.54) is 22.3 Å². The summed E-state index contributed by atoms with van der Waals surface area (Å²) in [6, 6.07) is 6.67. The third kappa shape index (κ3) is 4.55. The van der Waals surface area contributed by atoms with Gasteiger partial charge in [0.25, 0.3) is 0 Å². The van der Waals surface area contributed by atoms with Crippen LogP contribution >= 0.6 is 0 Å². The van der Waals surface area contributed by atoms with Crippen molar-refractivity contribution in [1.29, 1.82) is 0 Å². The van der Waals surface area contributed by atoms with Gasteiger partial charge in [0.05, 0.1) is 0 Å². The second-order valence-electron chi connectivity index (χ2n) is 8.98. The molecule has 0 spiro atoms. The zero-order valence-corrected chi connectivity index (χ0v) is 18.8. The van der Waals surface area contributed by atoms with Crippen molar-refractivity contribution in [2.75, 3.05) is 0 Å². The maximum absolute atomic E-state index is 12.2. The molecule has 0 aliphatic carbocycles. The first-order valence-electron chi connectivity index (χ1n) is 10.1. The minimum atomic E-state index is 0.0606. The number of carbonyl (C=O) groups is 1. The molecule has 0 radical (unpaired) electrons. The maximum Gasteiger partial charge on any atom is 0.161 e. The molecule has 1 aromatic carbocycles. The van der Waals surface area contributed by atoms with Gasteiger partial charge in [0.15, 0.2) is 5.78 Å². The summed E-state index contributed by atoms with van der Waals surface area (Å²) in [4.78, 5) is 14.5. The van der Waals surface area contributed by atoms with Gasteiger partial charge in [-0.15, -0.1) is 0 Å². The molecule has 28 heavy (non-hydrogen) atoms. The molecule has 0 amide bonds. The number of allylic oxidation sites excluding steroid dienone is 4. The largest absolute Gasteiger partial charge is 0.343 e. The van der Waals surface area contributed by atoms with Gasteiger partial charge in [0.1, 0.15) is 0 Å². The lowest BCUT2D eigenvalue weighted by molar-refractivity contribution is -0.113. The van der Waals surface area contributed by atoms with E-state index in [-0.39, 0.29) is 17.2 Å². The Kier molecular flexibility index (Phi) is 6.54. The van der Waals surface area contributed by atoms with Crippen molar-refractivity contribution in [2.24, 2.45) is 5.41 Å². The Hall–Kier alpha value is -2.35. The molecule has 0 N–H and O–H groups in total. The fourth-order valence-corrected chi connectivity index (χ4v) is 4.07. The molecule has 1 atom stereocenters. The molecule has 0 fully saturated rings. The average molecular weight is 378 g/mol. The normalized spacial score (nSPS) is 16.6. The summed E-state index contributed by atoms with van der Waals surface area (Å²) >= 11 is 0. The number of aryl methyl sites for hydroxylation is 2. The fourth-order valence-electron chi connectivity index (χ4n) is 4.07. The van der Waals surface area contributed by atoms with Crippen LogP contribution in [0.5, 0.6) is 0 Å². The summed E-state index contributed by atoms with van der Waals surface area (Å²) < 4.78 is 0. The highest BCUT2D eigenvalue weighted by atomic mass is 16.1. The van der Waals surface area contributed by atoms with Crippen LogP contribution in [0.2, 0.25) is 0 Å². The van der Waals surface area contributed by atoms with Gasteiger partial charge in [-0.1, -0.05) is 52.5 Å². The zero-order chi connectivity index (χ0) is 21.2. The minimum Gasteiger partial charge on any atom is -0.343 e. The number of Topliss-reactive ketones (excluding diaryl/α,β-unsaturated/α-hetero) is 1. The SMILES string of the molecule is C=C1C=C(/C(C)=C/c2c(C)cccc2C)N(C(CC)C(C)(C)C)C=C1C(C)=O. The van der Waals surface area contributed by atoms with Crippen LogP contribution in [0.4, 0.5) is 0 Å². The van der Waals surface area contributed by atoms with Crippen LogP contribution in [0.3, 0.4) is 0 Å². The zero-order valence-electron chi connectivity index (χ0n) is 18.8. The standard InChI is InChI=1S/C26H35NO/c1-10-25(26(7,8)9)27-16-23(21(6)28)19(4)15-24(27)20(5)14-22-17(2)12-11-13-18(22)3/h11-16,25H,4,10H2,1-3,5-9H3/b20-14+. The lowest BCUT2D eigenvalue weighted by Gasteiger charge is -2.42. The molecule has 2 nitrogen and oxygen atoms in total. The van der Waals surface area contributed by atoms with Gasteiger partial charge < -0.3 is 4.90 Å². The van der Waals surface area contributed by atoms with Gasteiger partial charge in [-0.3, -0.25) is 4.79 Å². The molecule has 2 heteroatoms. The molecule has 150 valence electrons. The van der Waals surface area contributed by atoms with Crippen molar-refractivity contribution in [3.8, 4) is 0 Å². The van der Waals surface area contributed by atoms with Crippen LogP contribution in [0.1, 0.15) is 64.7 Å². The first-order chi connectivity index (χ1) is 13.0. The third-order valence-electron chi connectivity index (χ3n) is 5.61. The van der Waals surface area contributed by atoms with E-state index in [1.807, 2.05) is 6.20 Å². The Balaban J connectivity index is 2.61. The van der Waals surface area contributed by atoms with E-state index in [0.29, 0.717) is 5.57 Å². The highest BCUT2D eigenvalue weighted by Gasteiger charge is 2.32. The van der Waals surface area contributed by atoms with Crippen LogP contribution in [-0.2, 0) is 4.79 Å². The average Bonchev–Trinajstić information content (AvgIpc) is 2.58. The second kappa shape index (κ2) is 8.34. The molecule has 1 heterocycles. The molecule has 1 aliphatic rings. The summed E-state index contributed by atoms with van der Waals surface area (Å²) in [6.07, 6.45) is 7.34. The van der Waals surface area contributed by atoms with Crippen molar-refractivity contribution < 1.29 is 4.79 Å². The second-order valence-corrected chi connectivity index (χ2v) is 8.98. The number of rotatable bonds is 5. The van der Waals surface area contributed by atoms with Crippen LogP contribution in [0, 0.1) is 19.3 Å². The molecular weight excluding hydrogens is 342 g/mol. The molecule has 0 saturated carbocycles. The van der Waals surface area contributed by atoms with E-state index in [0.717, 1.165) is 17.7 Å². The van der Waals surface area contributed by atoms with Gasteiger partial charge in [-0.05, 0) is 79.5 Å². The van der Waals surface area contributed by atoms with Gasteiger partial charge in [0, 0.05) is 23.5 Å². The molecule has 1 aromatic rings. The number of hydrogen-bond donors (Lipinski definition) is 0. The molecular formula is C26H35NO. The molecule has 0 aromatic heterocycles. The van der Waals surface area contributed by atoms with Crippen molar-refractivity contribution in [2.45, 2.75) is 67.9 Å². The predicted molar refractivity (Wildman–Crippen MR) is 121 cm³/mol. The summed E-state index contributed by atoms with van der Waals surface area (Å²) in [5, 5.41) is 0. The van der Waals surface area contributed by atoms with Crippen LogP contribution < -0.4 is 0 Å². The van der Waals surface area contributed by atoms with E-state index in [4.69, 9.17) is 0 Å². The maximum atomic E-state index is 12.2. The van der Waals surface area contributed by atoms with Crippen LogP contribution in [0.15, 0.2) is 59.5 Å². The predicted octanol–water partition coefficient (Wildman–Crippen LogP) is 6.76. The molecule has 0 saturated heterocycles. The van der Waals surface area contributed by atoms with Crippen molar-refractivity contribution in [3.63, 3.8) is 0 Å². The van der Waals surface area contributed by atoms with Crippen molar-refractivity contribution >= 4 is 11.9 Å². The molecule has 1 unspecified atom stereocenters. The number of nitrogens with zero attached hydrogens (tertiary/aromatic N) is 1. The van der Waals surface area contributed by atoms with Gasteiger partial charge in [0.2, 0.25) is 0 Å². The van der Waals surface area contributed by atoms with E-state index in [9.17, 15) is 4.79 Å². The van der Waals surface area contributed by atoms with Crippen molar-refractivity contribution in [3.05, 3.63) is 76.2 Å².